The first-order chi connectivity index (χ1) is 7.34. The Hall–Kier alpha value is -0.120. The van der Waals surface area contributed by atoms with Gasteiger partial charge in [-0.1, -0.05) is 0 Å². The summed E-state index contributed by atoms with van der Waals surface area (Å²) < 4.78 is 5.63. The second-order valence-electron chi connectivity index (χ2n) is 4.93. The van der Waals surface area contributed by atoms with E-state index in [0.29, 0.717) is 12.1 Å². The highest BCUT2D eigenvalue weighted by Crippen LogP contribution is 2.17. The third-order valence-corrected chi connectivity index (χ3v) is 3.48. The van der Waals surface area contributed by atoms with Gasteiger partial charge in [-0.3, -0.25) is 0 Å². The van der Waals surface area contributed by atoms with Gasteiger partial charge >= 0.3 is 0 Å². The quantitative estimate of drug-likeness (QED) is 0.759. The molecule has 2 aliphatic rings. The summed E-state index contributed by atoms with van der Waals surface area (Å²) in [4.78, 5) is 2.58. The molecule has 2 saturated heterocycles. The van der Waals surface area contributed by atoms with E-state index in [1.165, 1.54) is 45.3 Å². The average Bonchev–Trinajstić information content (AvgIpc) is 2.71. The highest BCUT2D eigenvalue weighted by Gasteiger charge is 2.17. The Labute approximate surface area is 93.2 Å². The van der Waals surface area contributed by atoms with Crippen LogP contribution in [0.4, 0.5) is 0 Å². The summed E-state index contributed by atoms with van der Waals surface area (Å²) in [6, 6.07) is 0.668. The van der Waals surface area contributed by atoms with Gasteiger partial charge in [-0.2, -0.15) is 0 Å². The summed E-state index contributed by atoms with van der Waals surface area (Å²) in [5.41, 5.74) is 0. The minimum atomic E-state index is 0.574. The van der Waals surface area contributed by atoms with Crippen LogP contribution >= 0.6 is 0 Å². The molecule has 0 aromatic carbocycles. The van der Waals surface area contributed by atoms with E-state index in [0.717, 1.165) is 13.2 Å². The molecule has 2 fully saturated rings. The van der Waals surface area contributed by atoms with Crippen molar-refractivity contribution < 1.29 is 4.74 Å². The maximum Gasteiger partial charge on any atom is 0.0576 e. The molecule has 0 radical (unpaired) electrons. The molecule has 3 nitrogen and oxygen atoms in total. The van der Waals surface area contributed by atoms with Crippen LogP contribution < -0.4 is 5.32 Å². The number of nitrogens with zero attached hydrogens (tertiary/aromatic N) is 1. The van der Waals surface area contributed by atoms with Gasteiger partial charge in [0.15, 0.2) is 0 Å². The SMILES string of the molecule is C[C@@H]1CN(CCCC2CCCO2)CCN1. The van der Waals surface area contributed by atoms with Crippen molar-refractivity contribution >= 4 is 0 Å². The van der Waals surface area contributed by atoms with E-state index in [1.54, 1.807) is 0 Å². The zero-order valence-corrected chi connectivity index (χ0v) is 9.87. The van der Waals surface area contributed by atoms with Crippen molar-refractivity contribution in [3.8, 4) is 0 Å². The summed E-state index contributed by atoms with van der Waals surface area (Å²) in [5.74, 6) is 0. The molecule has 0 bridgehead atoms. The number of piperazine rings is 1. The molecule has 0 spiro atoms. The summed E-state index contributed by atoms with van der Waals surface area (Å²) in [6.07, 6.45) is 5.70. The number of nitrogens with one attached hydrogen (secondary N) is 1. The van der Waals surface area contributed by atoms with Gasteiger partial charge in [-0.25, -0.2) is 0 Å². The molecule has 0 aromatic heterocycles. The van der Waals surface area contributed by atoms with Gasteiger partial charge in [-0.05, 0) is 39.2 Å². The highest BCUT2D eigenvalue weighted by atomic mass is 16.5. The van der Waals surface area contributed by atoms with Crippen molar-refractivity contribution in [2.45, 2.75) is 44.8 Å². The summed E-state index contributed by atoms with van der Waals surface area (Å²) >= 11 is 0. The maximum absolute atomic E-state index is 5.63. The molecule has 2 atom stereocenters. The fourth-order valence-corrected chi connectivity index (χ4v) is 2.63. The third kappa shape index (κ3) is 3.74. The van der Waals surface area contributed by atoms with Crippen LogP contribution in [0.1, 0.15) is 32.6 Å². The zero-order valence-electron chi connectivity index (χ0n) is 9.87. The Morgan fingerprint density at radius 1 is 1.47 bits per heavy atom. The van der Waals surface area contributed by atoms with Crippen LogP contribution in [0, 0.1) is 0 Å². The fourth-order valence-electron chi connectivity index (χ4n) is 2.63. The summed E-state index contributed by atoms with van der Waals surface area (Å²) in [5, 5.41) is 3.48. The Morgan fingerprint density at radius 3 is 3.13 bits per heavy atom. The number of hydrogen-bond acceptors (Lipinski definition) is 3. The largest absolute Gasteiger partial charge is 0.378 e. The topological polar surface area (TPSA) is 24.5 Å². The number of ether oxygens (including phenoxy) is 1. The minimum Gasteiger partial charge on any atom is -0.378 e. The van der Waals surface area contributed by atoms with E-state index in [2.05, 4.69) is 17.1 Å². The van der Waals surface area contributed by atoms with Gasteiger partial charge in [0.05, 0.1) is 6.10 Å². The lowest BCUT2D eigenvalue weighted by molar-refractivity contribution is 0.0970. The van der Waals surface area contributed by atoms with E-state index < -0.39 is 0 Å². The first-order valence-corrected chi connectivity index (χ1v) is 6.42. The lowest BCUT2D eigenvalue weighted by Gasteiger charge is -2.31. The van der Waals surface area contributed by atoms with Crippen LogP contribution in [0.2, 0.25) is 0 Å². The second kappa shape index (κ2) is 5.83. The van der Waals surface area contributed by atoms with Crippen molar-refractivity contribution in [1.82, 2.24) is 10.2 Å². The minimum absolute atomic E-state index is 0.574. The Bertz CT molecular complexity index is 180. The maximum atomic E-state index is 5.63. The van der Waals surface area contributed by atoms with Gasteiger partial charge in [0, 0.05) is 32.3 Å². The van der Waals surface area contributed by atoms with E-state index in [-0.39, 0.29) is 0 Å². The Balaban J connectivity index is 1.56. The molecular formula is C12H24N2O. The van der Waals surface area contributed by atoms with Gasteiger partial charge < -0.3 is 15.0 Å². The number of hydrogen-bond donors (Lipinski definition) is 1. The molecule has 0 aromatic rings. The van der Waals surface area contributed by atoms with Crippen molar-refractivity contribution in [1.29, 1.82) is 0 Å². The molecule has 88 valence electrons. The molecule has 1 N–H and O–H groups in total. The van der Waals surface area contributed by atoms with Crippen molar-refractivity contribution in [2.24, 2.45) is 0 Å². The predicted molar refractivity (Wildman–Crippen MR) is 62.1 cm³/mol. The molecule has 2 rings (SSSR count). The van der Waals surface area contributed by atoms with Crippen LogP contribution in [0.25, 0.3) is 0 Å². The Morgan fingerprint density at radius 2 is 2.40 bits per heavy atom. The molecule has 2 aliphatic heterocycles. The van der Waals surface area contributed by atoms with Crippen LogP contribution in [-0.4, -0.2) is 49.8 Å². The number of rotatable bonds is 4. The van der Waals surface area contributed by atoms with Crippen LogP contribution in [0.3, 0.4) is 0 Å². The van der Waals surface area contributed by atoms with Gasteiger partial charge in [-0.15, -0.1) is 0 Å². The summed E-state index contributed by atoms with van der Waals surface area (Å²) in [7, 11) is 0. The standard InChI is InChI=1S/C12H24N2O/c1-11-10-14(8-6-13-11)7-2-4-12-5-3-9-15-12/h11-13H,2-10H2,1H3/t11-,12?/m1/s1. The van der Waals surface area contributed by atoms with Crippen LogP contribution in [0.15, 0.2) is 0 Å². The lowest BCUT2D eigenvalue weighted by Crippen LogP contribution is -2.49. The van der Waals surface area contributed by atoms with E-state index >= 15 is 0 Å². The molecule has 15 heavy (non-hydrogen) atoms. The first kappa shape index (κ1) is 11.4. The van der Waals surface area contributed by atoms with E-state index in [1.807, 2.05) is 0 Å². The monoisotopic (exact) mass is 212 g/mol. The first-order valence-electron chi connectivity index (χ1n) is 6.42. The van der Waals surface area contributed by atoms with E-state index in [9.17, 15) is 0 Å². The van der Waals surface area contributed by atoms with Crippen LogP contribution in [0.5, 0.6) is 0 Å². The molecule has 2 heterocycles. The molecule has 0 aliphatic carbocycles. The smallest absolute Gasteiger partial charge is 0.0576 e. The van der Waals surface area contributed by atoms with Crippen molar-refractivity contribution in [3.05, 3.63) is 0 Å². The highest BCUT2D eigenvalue weighted by molar-refractivity contribution is 4.75. The van der Waals surface area contributed by atoms with Crippen molar-refractivity contribution in [3.63, 3.8) is 0 Å². The molecule has 0 amide bonds. The second-order valence-corrected chi connectivity index (χ2v) is 4.93. The summed E-state index contributed by atoms with van der Waals surface area (Å²) in [6.45, 7) is 8.11. The normalized spacial score (nSPS) is 33.4. The van der Waals surface area contributed by atoms with Gasteiger partial charge in [0.1, 0.15) is 0 Å². The lowest BCUT2D eigenvalue weighted by atomic mass is 10.1. The van der Waals surface area contributed by atoms with Crippen LogP contribution in [-0.2, 0) is 4.74 Å². The molecule has 3 heteroatoms. The molecule has 1 unspecified atom stereocenters. The third-order valence-electron chi connectivity index (χ3n) is 3.48. The molecule has 0 saturated carbocycles. The average molecular weight is 212 g/mol. The molecular weight excluding hydrogens is 188 g/mol. The van der Waals surface area contributed by atoms with Gasteiger partial charge in [0.2, 0.25) is 0 Å². The van der Waals surface area contributed by atoms with Crippen molar-refractivity contribution in [2.75, 3.05) is 32.8 Å². The Kier molecular flexibility index (Phi) is 4.42. The van der Waals surface area contributed by atoms with Gasteiger partial charge in [0.25, 0.3) is 0 Å². The zero-order chi connectivity index (χ0) is 10.5. The fraction of sp³-hybridized carbons (Fsp3) is 1.00. The van der Waals surface area contributed by atoms with E-state index in [4.69, 9.17) is 4.74 Å². The predicted octanol–water partition coefficient (Wildman–Crippen LogP) is 1.24.